The molecule has 2 fully saturated rings. The number of benzene rings is 2. The lowest BCUT2D eigenvalue weighted by atomic mass is 9.86. The fourth-order valence-corrected chi connectivity index (χ4v) is 4.66. The van der Waals surface area contributed by atoms with Gasteiger partial charge >= 0.3 is 0 Å². The monoisotopic (exact) mass is 405 g/mol. The first kappa shape index (κ1) is 17.8. The molecule has 144 valence electrons. The van der Waals surface area contributed by atoms with Gasteiger partial charge in [0, 0.05) is 16.8 Å². The van der Waals surface area contributed by atoms with E-state index in [9.17, 15) is 14.4 Å². The molecule has 3 aliphatic heterocycles. The number of Topliss-reactive ketones (excluding diaryl/α,β-unsaturated/α-hetero) is 1. The van der Waals surface area contributed by atoms with Crippen LogP contribution in [0.4, 0.5) is 5.69 Å². The Labute approximate surface area is 172 Å². The molecule has 29 heavy (non-hydrogen) atoms. The van der Waals surface area contributed by atoms with Crippen molar-refractivity contribution in [3.8, 4) is 0 Å². The number of carbonyl (C=O) groups excluding carboxylic acids is 3. The molecule has 0 unspecified atom stereocenters. The normalized spacial score (nSPS) is 27.3. The number of fused-ring (bicyclic) bond motifs is 3. The van der Waals surface area contributed by atoms with Gasteiger partial charge in [-0.3, -0.25) is 19.4 Å². The first-order valence-electron chi connectivity index (χ1n) is 9.29. The zero-order valence-electron chi connectivity index (χ0n) is 15.2. The van der Waals surface area contributed by atoms with Gasteiger partial charge in [-0.2, -0.15) is 5.10 Å². The van der Waals surface area contributed by atoms with E-state index in [2.05, 4.69) is 5.10 Å². The molecular weight excluding hydrogens is 390 g/mol. The lowest BCUT2D eigenvalue weighted by Gasteiger charge is -2.30. The maximum Gasteiger partial charge on any atom is 0.240 e. The van der Waals surface area contributed by atoms with E-state index in [0.717, 1.165) is 4.90 Å². The molecule has 2 amide bonds. The highest BCUT2D eigenvalue weighted by molar-refractivity contribution is 6.31. The number of halogens is 1. The predicted molar refractivity (Wildman–Crippen MR) is 109 cm³/mol. The molecule has 2 saturated heterocycles. The average Bonchev–Trinajstić information content (AvgIpc) is 3.21. The molecule has 0 N–H and O–H groups in total. The summed E-state index contributed by atoms with van der Waals surface area (Å²) < 4.78 is 0. The van der Waals surface area contributed by atoms with Crippen molar-refractivity contribution in [3.05, 3.63) is 77.3 Å². The number of carbonyl (C=O) groups is 3. The van der Waals surface area contributed by atoms with Crippen LogP contribution in [0.5, 0.6) is 0 Å². The van der Waals surface area contributed by atoms with Crippen LogP contribution in [0.2, 0.25) is 5.02 Å². The van der Waals surface area contributed by atoms with Crippen molar-refractivity contribution in [2.24, 2.45) is 16.9 Å². The summed E-state index contributed by atoms with van der Waals surface area (Å²) >= 11 is 6.07. The summed E-state index contributed by atoms with van der Waals surface area (Å²) in [5.41, 5.74) is 0.908. The molecule has 7 heteroatoms. The molecule has 0 bridgehead atoms. The number of hydrogen-bond donors (Lipinski definition) is 0. The summed E-state index contributed by atoms with van der Waals surface area (Å²) in [5.74, 6) is -2.42. The third-order valence-electron chi connectivity index (χ3n) is 5.68. The zero-order chi connectivity index (χ0) is 20.1. The minimum Gasteiger partial charge on any atom is -0.292 e. The number of rotatable bonds is 3. The fourth-order valence-electron chi connectivity index (χ4n) is 4.48. The Bertz CT molecular complexity index is 1080. The molecule has 2 aromatic rings. The molecule has 0 radical (unpaired) electrons. The van der Waals surface area contributed by atoms with Crippen LogP contribution in [0.3, 0.4) is 0 Å². The van der Waals surface area contributed by atoms with Crippen LogP contribution in [0.1, 0.15) is 10.4 Å². The average molecular weight is 406 g/mol. The van der Waals surface area contributed by atoms with E-state index < -0.39 is 29.8 Å². The number of nitrogens with zero attached hydrogens (tertiary/aromatic N) is 3. The molecule has 3 aliphatic rings. The van der Waals surface area contributed by atoms with Crippen molar-refractivity contribution >= 4 is 41.1 Å². The van der Waals surface area contributed by atoms with E-state index in [1.807, 2.05) is 12.1 Å². The Morgan fingerprint density at radius 2 is 1.72 bits per heavy atom. The SMILES string of the molecule is O=C(c1ccccc1)[C@H]1[C@H]2C(=O)N(c3cccc(Cl)c3)C(=O)[C@H]2[C@@H]2C=CC=NN21. The Morgan fingerprint density at radius 1 is 0.966 bits per heavy atom. The highest BCUT2D eigenvalue weighted by atomic mass is 35.5. The Balaban J connectivity index is 1.59. The summed E-state index contributed by atoms with van der Waals surface area (Å²) in [7, 11) is 0. The van der Waals surface area contributed by atoms with Gasteiger partial charge in [-0.25, -0.2) is 4.90 Å². The molecule has 0 spiro atoms. The van der Waals surface area contributed by atoms with Gasteiger partial charge in [-0.1, -0.05) is 54.1 Å². The van der Waals surface area contributed by atoms with Crippen LogP contribution in [-0.2, 0) is 9.59 Å². The quantitative estimate of drug-likeness (QED) is 0.581. The van der Waals surface area contributed by atoms with Crippen LogP contribution in [-0.4, -0.2) is 40.9 Å². The van der Waals surface area contributed by atoms with Crippen LogP contribution >= 0.6 is 11.6 Å². The third kappa shape index (κ3) is 2.63. The largest absolute Gasteiger partial charge is 0.292 e. The molecule has 0 aromatic heterocycles. The van der Waals surface area contributed by atoms with Gasteiger partial charge in [0.1, 0.15) is 6.04 Å². The second-order valence-electron chi connectivity index (χ2n) is 7.24. The van der Waals surface area contributed by atoms with E-state index in [1.165, 1.54) is 0 Å². The van der Waals surface area contributed by atoms with E-state index in [-0.39, 0.29) is 11.7 Å². The number of amides is 2. The first-order chi connectivity index (χ1) is 14.1. The zero-order valence-corrected chi connectivity index (χ0v) is 15.9. The van der Waals surface area contributed by atoms with Gasteiger partial charge in [0.15, 0.2) is 5.78 Å². The van der Waals surface area contributed by atoms with Crippen molar-refractivity contribution in [2.75, 3.05) is 4.90 Å². The maximum atomic E-state index is 13.4. The summed E-state index contributed by atoms with van der Waals surface area (Å²) in [6.07, 6.45) is 5.15. The fraction of sp³-hybridized carbons (Fsp3) is 0.182. The number of ketones is 1. The van der Waals surface area contributed by atoms with E-state index in [0.29, 0.717) is 16.3 Å². The molecule has 0 saturated carbocycles. The second-order valence-corrected chi connectivity index (χ2v) is 7.67. The summed E-state index contributed by atoms with van der Waals surface area (Å²) in [6.45, 7) is 0. The molecule has 0 aliphatic carbocycles. The van der Waals surface area contributed by atoms with Crippen LogP contribution in [0.25, 0.3) is 0 Å². The van der Waals surface area contributed by atoms with Crippen LogP contribution in [0, 0.1) is 11.8 Å². The van der Waals surface area contributed by atoms with Gasteiger partial charge in [-0.05, 0) is 24.3 Å². The molecule has 6 nitrogen and oxygen atoms in total. The van der Waals surface area contributed by atoms with Gasteiger partial charge in [0.2, 0.25) is 11.8 Å². The maximum absolute atomic E-state index is 13.4. The van der Waals surface area contributed by atoms with Crippen molar-refractivity contribution in [1.29, 1.82) is 0 Å². The Hall–Kier alpha value is -3.25. The Morgan fingerprint density at radius 3 is 2.48 bits per heavy atom. The van der Waals surface area contributed by atoms with Crippen LogP contribution in [0.15, 0.2) is 71.9 Å². The van der Waals surface area contributed by atoms with Gasteiger partial charge in [0.05, 0.1) is 23.6 Å². The standard InChI is InChI=1S/C22H16ClN3O3/c23-14-8-4-9-15(12-14)25-21(28)17-16-10-5-11-24-26(16)19(18(17)22(25)29)20(27)13-6-2-1-3-7-13/h1-12,16-19H/t16-,17-,18-,19+/m0/s1. The van der Waals surface area contributed by atoms with Gasteiger partial charge in [0.25, 0.3) is 0 Å². The van der Waals surface area contributed by atoms with Gasteiger partial charge < -0.3 is 0 Å². The highest BCUT2D eigenvalue weighted by Gasteiger charge is 2.64. The Kier molecular flexibility index (Phi) is 4.10. The number of hydrazone groups is 1. The van der Waals surface area contributed by atoms with E-state index in [1.54, 1.807) is 65.8 Å². The number of allylic oxidation sites excluding steroid dienone is 1. The number of anilines is 1. The first-order valence-corrected chi connectivity index (χ1v) is 9.67. The lowest BCUT2D eigenvalue weighted by Crippen LogP contribution is -2.46. The van der Waals surface area contributed by atoms with Crippen molar-refractivity contribution in [2.45, 2.75) is 12.1 Å². The smallest absolute Gasteiger partial charge is 0.240 e. The summed E-state index contributed by atoms with van der Waals surface area (Å²) in [4.78, 5) is 41.2. The lowest BCUT2D eigenvalue weighted by molar-refractivity contribution is -0.123. The third-order valence-corrected chi connectivity index (χ3v) is 5.92. The second kappa shape index (κ2) is 6.67. The molecular formula is C22H16ClN3O3. The topological polar surface area (TPSA) is 70.0 Å². The molecule has 3 heterocycles. The molecule has 5 rings (SSSR count). The number of hydrogen-bond acceptors (Lipinski definition) is 5. The minimum atomic E-state index is -0.839. The minimum absolute atomic E-state index is 0.218. The van der Waals surface area contributed by atoms with Crippen molar-refractivity contribution in [3.63, 3.8) is 0 Å². The van der Waals surface area contributed by atoms with Crippen LogP contribution < -0.4 is 4.90 Å². The number of imide groups is 1. The predicted octanol–water partition coefficient (Wildman–Crippen LogP) is 2.94. The van der Waals surface area contributed by atoms with E-state index >= 15 is 0 Å². The summed E-state index contributed by atoms with van der Waals surface area (Å²) in [6, 6.07) is 14.1. The van der Waals surface area contributed by atoms with Gasteiger partial charge in [-0.15, -0.1) is 0 Å². The van der Waals surface area contributed by atoms with Crippen molar-refractivity contribution in [1.82, 2.24) is 5.01 Å². The highest BCUT2D eigenvalue weighted by Crippen LogP contribution is 2.46. The molecule has 2 aromatic carbocycles. The summed E-state index contributed by atoms with van der Waals surface area (Å²) in [5, 5.41) is 6.38. The van der Waals surface area contributed by atoms with E-state index in [4.69, 9.17) is 11.6 Å². The molecule has 4 atom stereocenters. The van der Waals surface area contributed by atoms with Crippen molar-refractivity contribution < 1.29 is 14.4 Å².